The molecule has 27 heavy (non-hydrogen) atoms. The number of sulfonamides is 1. The Bertz CT molecular complexity index is 1110. The highest BCUT2D eigenvalue weighted by Crippen LogP contribution is 2.31. The van der Waals surface area contributed by atoms with Crippen molar-refractivity contribution in [3.05, 3.63) is 54.4 Å². The van der Waals surface area contributed by atoms with Gasteiger partial charge in [0.2, 0.25) is 21.8 Å². The van der Waals surface area contributed by atoms with Crippen LogP contribution in [-0.4, -0.2) is 23.9 Å². The molecule has 0 bridgehead atoms. The third-order valence-electron chi connectivity index (χ3n) is 3.68. The van der Waals surface area contributed by atoms with Crippen LogP contribution in [0.5, 0.6) is 0 Å². The van der Waals surface area contributed by atoms with Gasteiger partial charge in [-0.1, -0.05) is 12.1 Å². The van der Waals surface area contributed by atoms with Crippen LogP contribution in [0.3, 0.4) is 0 Å². The van der Waals surface area contributed by atoms with Crippen LogP contribution in [0.4, 0.5) is 18.9 Å². The normalized spacial score (nSPS) is 12.3. The first-order valence-electron chi connectivity index (χ1n) is 7.51. The number of fused-ring (bicyclic) bond motifs is 1. The largest absolute Gasteiger partial charge is 0.449 e. The van der Waals surface area contributed by atoms with E-state index in [1.807, 2.05) is 0 Å². The van der Waals surface area contributed by atoms with E-state index in [9.17, 15) is 26.4 Å². The molecule has 0 aliphatic carbocycles. The number of rotatable bonds is 4. The number of benzene rings is 2. The van der Waals surface area contributed by atoms with E-state index in [2.05, 4.69) is 10.3 Å². The van der Waals surface area contributed by atoms with Crippen molar-refractivity contribution in [2.45, 2.75) is 17.6 Å². The van der Waals surface area contributed by atoms with Gasteiger partial charge in [0.05, 0.1) is 15.9 Å². The van der Waals surface area contributed by atoms with Crippen molar-refractivity contribution in [3.8, 4) is 0 Å². The van der Waals surface area contributed by atoms with Crippen LogP contribution in [0, 0.1) is 0 Å². The van der Waals surface area contributed by atoms with Gasteiger partial charge in [0.1, 0.15) is 6.54 Å². The second-order valence-electron chi connectivity index (χ2n) is 5.63. The summed E-state index contributed by atoms with van der Waals surface area (Å²) in [5, 5.41) is 7.39. The first kappa shape index (κ1) is 18.9. The SMILES string of the molecule is NS(=O)(=O)c1ccc(NC(=O)Cn2c(C(F)(F)F)nc3ccccc32)cc1. The molecule has 1 aromatic heterocycles. The van der Waals surface area contributed by atoms with E-state index in [0.717, 1.165) is 4.57 Å². The Labute approximate surface area is 151 Å². The first-order chi connectivity index (χ1) is 12.6. The molecule has 3 N–H and O–H groups in total. The Balaban J connectivity index is 1.86. The molecule has 1 amide bonds. The summed E-state index contributed by atoms with van der Waals surface area (Å²) < 4.78 is 62.9. The van der Waals surface area contributed by atoms with Gasteiger partial charge in [-0.15, -0.1) is 0 Å². The fraction of sp³-hybridized carbons (Fsp3) is 0.125. The highest BCUT2D eigenvalue weighted by molar-refractivity contribution is 7.89. The molecule has 7 nitrogen and oxygen atoms in total. The predicted molar refractivity (Wildman–Crippen MR) is 91.2 cm³/mol. The molecule has 3 rings (SSSR count). The number of para-hydroxylation sites is 2. The molecule has 0 fully saturated rings. The van der Waals surface area contributed by atoms with Gasteiger partial charge in [-0.2, -0.15) is 13.2 Å². The maximum absolute atomic E-state index is 13.2. The highest BCUT2D eigenvalue weighted by atomic mass is 32.2. The molecule has 0 aliphatic heterocycles. The topological polar surface area (TPSA) is 107 Å². The zero-order chi connectivity index (χ0) is 19.8. The van der Waals surface area contributed by atoms with Crippen LogP contribution >= 0.6 is 0 Å². The number of nitrogens with one attached hydrogen (secondary N) is 1. The maximum atomic E-state index is 13.2. The lowest BCUT2D eigenvalue weighted by Gasteiger charge is -2.12. The van der Waals surface area contributed by atoms with Crippen molar-refractivity contribution < 1.29 is 26.4 Å². The summed E-state index contributed by atoms with van der Waals surface area (Å²) in [5.41, 5.74) is 0.505. The number of carbonyl (C=O) groups excluding carboxylic acids is 1. The Morgan fingerprint density at radius 2 is 1.74 bits per heavy atom. The summed E-state index contributed by atoms with van der Waals surface area (Å²) in [5.74, 6) is -1.91. The van der Waals surface area contributed by atoms with Crippen LogP contribution in [-0.2, 0) is 27.5 Å². The van der Waals surface area contributed by atoms with E-state index in [4.69, 9.17) is 5.14 Å². The standard InChI is InChI=1S/C16H13F3N4O3S/c17-16(18,19)15-22-12-3-1-2-4-13(12)23(15)9-14(24)21-10-5-7-11(8-6-10)27(20,25)26/h1-8H,9H2,(H,21,24)(H2,20,25,26). The van der Waals surface area contributed by atoms with Crippen LogP contribution < -0.4 is 10.5 Å². The van der Waals surface area contributed by atoms with Gasteiger partial charge in [-0.05, 0) is 36.4 Å². The Hall–Kier alpha value is -2.92. The number of halogens is 3. The average molecular weight is 398 g/mol. The lowest BCUT2D eigenvalue weighted by atomic mass is 10.3. The van der Waals surface area contributed by atoms with Crippen LogP contribution in [0.25, 0.3) is 11.0 Å². The second-order valence-corrected chi connectivity index (χ2v) is 7.19. The van der Waals surface area contributed by atoms with E-state index in [0.29, 0.717) is 0 Å². The number of aromatic nitrogens is 2. The van der Waals surface area contributed by atoms with Crippen molar-refractivity contribution in [1.29, 1.82) is 0 Å². The number of carbonyl (C=O) groups is 1. The van der Waals surface area contributed by atoms with Crippen molar-refractivity contribution >= 4 is 32.7 Å². The van der Waals surface area contributed by atoms with Crippen LogP contribution in [0.1, 0.15) is 5.82 Å². The summed E-state index contributed by atoms with van der Waals surface area (Å²) in [6.07, 6.45) is -4.73. The molecule has 0 atom stereocenters. The molecule has 11 heteroatoms. The first-order valence-corrected chi connectivity index (χ1v) is 9.05. The molecule has 2 aromatic carbocycles. The van der Waals surface area contributed by atoms with E-state index in [1.54, 1.807) is 12.1 Å². The highest BCUT2D eigenvalue weighted by Gasteiger charge is 2.38. The molecular weight excluding hydrogens is 385 g/mol. The Morgan fingerprint density at radius 3 is 2.33 bits per heavy atom. The molecular formula is C16H13F3N4O3S. The smallest absolute Gasteiger partial charge is 0.325 e. The molecule has 0 aliphatic rings. The average Bonchev–Trinajstić information content (AvgIpc) is 2.93. The number of anilines is 1. The van der Waals surface area contributed by atoms with Crippen molar-refractivity contribution in [3.63, 3.8) is 0 Å². The number of amides is 1. The summed E-state index contributed by atoms with van der Waals surface area (Å²) >= 11 is 0. The number of nitrogens with two attached hydrogens (primary N) is 1. The van der Waals surface area contributed by atoms with Gasteiger partial charge < -0.3 is 9.88 Å². The maximum Gasteiger partial charge on any atom is 0.449 e. The lowest BCUT2D eigenvalue weighted by molar-refractivity contribution is -0.147. The molecule has 0 saturated carbocycles. The molecule has 0 unspecified atom stereocenters. The van der Waals surface area contributed by atoms with Gasteiger partial charge in [-0.25, -0.2) is 18.5 Å². The van der Waals surface area contributed by atoms with Crippen molar-refractivity contribution in [1.82, 2.24) is 9.55 Å². The van der Waals surface area contributed by atoms with E-state index >= 15 is 0 Å². The minimum Gasteiger partial charge on any atom is -0.325 e. The number of nitrogens with zero attached hydrogens (tertiary/aromatic N) is 2. The molecule has 0 saturated heterocycles. The Kier molecular flexibility index (Phi) is 4.66. The molecule has 0 spiro atoms. The third kappa shape index (κ3) is 4.09. The van der Waals surface area contributed by atoms with Crippen LogP contribution in [0.2, 0.25) is 0 Å². The van der Waals surface area contributed by atoms with Crippen molar-refractivity contribution in [2.24, 2.45) is 5.14 Å². The van der Waals surface area contributed by atoms with Gasteiger partial charge >= 0.3 is 6.18 Å². The van der Waals surface area contributed by atoms with Crippen molar-refractivity contribution in [2.75, 3.05) is 5.32 Å². The summed E-state index contributed by atoms with van der Waals surface area (Å²) in [6.45, 7) is -0.619. The lowest BCUT2D eigenvalue weighted by Crippen LogP contribution is -2.23. The zero-order valence-electron chi connectivity index (χ0n) is 13.6. The summed E-state index contributed by atoms with van der Waals surface area (Å²) in [4.78, 5) is 15.6. The van der Waals surface area contributed by atoms with E-state index in [-0.39, 0.29) is 21.6 Å². The zero-order valence-corrected chi connectivity index (χ0v) is 14.4. The van der Waals surface area contributed by atoms with Gasteiger partial charge in [-0.3, -0.25) is 4.79 Å². The minimum absolute atomic E-state index is 0.120. The minimum atomic E-state index is -4.73. The monoisotopic (exact) mass is 398 g/mol. The van der Waals surface area contributed by atoms with Gasteiger partial charge in [0.25, 0.3) is 0 Å². The number of hydrogen-bond donors (Lipinski definition) is 2. The number of hydrogen-bond acceptors (Lipinski definition) is 4. The number of alkyl halides is 3. The molecule has 1 heterocycles. The Morgan fingerprint density at radius 1 is 1.11 bits per heavy atom. The molecule has 142 valence electrons. The van der Waals surface area contributed by atoms with Gasteiger partial charge in [0.15, 0.2) is 0 Å². The second kappa shape index (κ2) is 6.67. The quantitative estimate of drug-likeness (QED) is 0.703. The molecule has 3 aromatic rings. The van der Waals surface area contributed by atoms with E-state index < -0.39 is 34.5 Å². The fourth-order valence-corrected chi connectivity index (χ4v) is 3.04. The third-order valence-corrected chi connectivity index (χ3v) is 4.61. The molecule has 0 radical (unpaired) electrons. The number of imidazole rings is 1. The van der Waals surface area contributed by atoms with Crippen LogP contribution in [0.15, 0.2) is 53.4 Å². The summed E-state index contributed by atoms with van der Waals surface area (Å²) in [6, 6.07) is 10.9. The predicted octanol–water partition coefficient (Wildman–Crippen LogP) is 2.34. The summed E-state index contributed by atoms with van der Waals surface area (Å²) in [7, 11) is -3.89. The number of primary sulfonamides is 1. The van der Waals surface area contributed by atoms with Gasteiger partial charge in [0, 0.05) is 5.69 Å². The fourth-order valence-electron chi connectivity index (χ4n) is 2.52. The van der Waals surface area contributed by atoms with E-state index in [1.165, 1.54) is 36.4 Å².